The molecule has 0 aliphatic carbocycles. The van der Waals surface area contributed by atoms with E-state index in [0.717, 1.165) is 17.0 Å². The van der Waals surface area contributed by atoms with Crippen molar-refractivity contribution in [1.82, 2.24) is 4.90 Å². The van der Waals surface area contributed by atoms with Gasteiger partial charge in [0.2, 0.25) is 0 Å². The van der Waals surface area contributed by atoms with Gasteiger partial charge in [-0.25, -0.2) is 0 Å². The van der Waals surface area contributed by atoms with E-state index >= 15 is 0 Å². The first-order valence-electron chi connectivity index (χ1n) is 6.16. The largest absolute Gasteiger partial charge is 0.301 e. The molecule has 0 radical (unpaired) electrons. The third-order valence-corrected chi connectivity index (χ3v) is 4.81. The van der Waals surface area contributed by atoms with E-state index in [-0.39, 0.29) is 0 Å². The SMILES string of the molecule is CCC1CN(CCC(C)CCCl)CCS1. The van der Waals surface area contributed by atoms with Crippen LogP contribution in [0.15, 0.2) is 0 Å². The van der Waals surface area contributed by atoms with Gasteiger partial charge in [-0.2, -0.15) is 11.8 Å². The van der Waals surface area contributed by atoms with Crippen molar-refractivity contribution in [1.29, 1.82) is 0 Å². The Kier molecular flexibility index (Phi) is 7.11. The monoisotopic (exact) mass is 249 g/mol. The molecule has 0 aromatic carbocycles. The van der Waals surface area contributed by atoms with E-state index in [9.17, 15) is 0 Å². The zero-order valence-corrected chi connectivity index (χ0v) is 11.6. The second-order valence-corrected chi connectivity index (χ2v) is 6.36. The molecule has 0 spiro atoms. The Bertz CT molecular complexity index is 166. The predicted molar refractivity (Wildman–Crippen MR) is 72.1 cm³/mol. The minimum atomic E-state index is 0.789. The van der Waals surface area contributed by atoms with Crippen LogP contribution in [0.3, 0.4) is 0 Å². The molecular weight excluding hydrogens is 226 g/mol. The summed E-state index contributed by atoms with van der Waals surface area (Å²) in [6.45, 7) is 8.48. The molecule has 90 valence electrons. The normalized spacial score (nSPS) is 25.4. The zero-order valence-electron chi connectivity index (χ0n) is 10.0. The highest BCUT2D eigenvalue weighted by atomic mass is 35.5. The lowest BCUT2D eigenvalue weighted by Gasteiger charge is -2.32. The molecule has 1 nitrogen and oxygen atoms in total. The Hall–Kier alpha value is 0.600. The molecule has 1 rings (SSSR count). The van der Waals surface area contributed by atoms with E-state index in [0.29, 0.717) is 0 Å². The fourth-order valence-corrected chi connectivity index (χ4v) is 3.59. The molecule has 1 fully saturated rings. The highest BCUT2D eigenvalue weighted by Gasteiger charge is 2.18. The standard InChI is InChI=1S/C12H24ClNS/c1-3-12-10-14(8-9-15-12)7-5-11(2)4-6-13/h11-12H,3-10H2,1-2H3. The van der Waals surface area contributed by atoms with Crippen molar-refractivity contribution in [3.05, 3.63) is 0 Å². The second-order valence-electron chi connectivity index (χ2n) is 4.57. The summed E-state index contributed by atoms with van der Waals surface area (Å²) < 4.78 is 0. The second kappa shape index (κ2) is 7.81. The van der Waals surface area contributed by atoms with Gasteiger partial charge in [0.25, 0.3) is 0 Å². The third kappa shape index (κ3) is 5.46. The van der Waals surface area contributed by atoms with Gasteiger partial charge in [-0.15, -0.1) is 11.6 Å². The molecule has 0 N–H and O–H groups in total. The molecule has 1 aliphatic rings. The van der Waals surface area contributed by atoms with Crippen molar-refractivity contribution >= 4 is 23.4 Å². The molecule has 0 saturated carbocycles. The zero-order chi connectivity index (χ0) is 11.1. The van der Waals surface area contributed by atoms with Gasteiger partial charge in [0, 0.05) is 30.0 Å². The Labute approximate surface area is 104 Å². The molecule has 2 unspecified atom stereocenters. The summed E-state index contributed by atoms with van der Waals surface area (Å²) in [6, 6.07) is 0. The summed E-state index contributed by atoms with van der Waals surface area (Å²) in [5.41, 5.74) is 0. The topological polar surface area (TPSA) is 3.24 Å². The minimum absolute atomic E-state index is 0.789. The molecule has 2 atom stereocenters. The Morgan fingerprint density at radius 2 is 2.27 bits per heavy atom. The molecule has 1 heterocycles. The van der Waals surface area contributed by atoms with Crippen LogP contribution in [0.4, 0.5) is 0 Å². The number of halogens is 1. The first-order chi connectivity index (χ1) is 7.26. The molecule has 1 aliphatic heterocycles. The van der Waals surface area contributed by atoms with Gasteiger partial charge in [0.1, 0.15) is 0 Å². The van der Waals surface area contributed by atoms with Crippen molar-refractivity contribution in [2.75, 3.05) is 31.3 Å². The fraction of sp³-hybridized carbons (Fsp3) is 1.00. The molecule has 0 amide bonds. The Morgan fingerprint density at radius 1 is 1.47 bits per heavy atom. The van der Waals surface area contributed by atoms with Gasteiger partial charge in [-0.1, -0.05) is 13.8 Å². The Balaban J connectivity index is 2.14. The number of alkyl halides is 1. The van der Waals surface area contributed by atoms with Crippen LogP contribution in [-0.2, 0) is 0 Å². The average Bonchev–Trinajstić information content (AvgIpc) is 2.27. The third-order valence-electron chi connectivity index (χ3n) is 3.22. The van der Waals surface area contributed by atoms with Gasteiger partial charge in [0.05, 0.1) is 0 Å². The quantitative estimate of drug-likeness (QED) is 0.664. The first kappa shape index (κ1) is 13.7. The van der Waals surface area contributed by atoms with E-state index < -0.39 is 0 Å². The molecule has 0 aromatic rings. The van der Waals surface area contributed by atoms with Gasteiger partial charge in [0.15, 0.2) is 0 Å². The van der Waals surface area contributed by atoms with E-state index in [1.807, 2.05) is 0 Å². The van der Waals surface area contributed by atoms with Gasteiger partial charge in [-0.05, 0) is 31.7 Å². The van der Waals surface area contributed by atoms with Crippen LogP contribution in [0.25, 0.3) is 0 Å². The van der Waals surface area contributed by atoms with Crippen molar-refractivity contribution in [2.45, 2.75) is 38.4 Å². The summed E-state index contributed by atoms with van der Waals surface area (Å²) in [5, 5.41) is 0.877. The van der Waals surface area contributed by atoms with Crippen LogP contribution in [0, 0.1) is 5.92 Å². The summed E-state index contributed by atoms with van der Waals surface area (Å²) in [5.74, 6) is 2.92. The molecule has 0 aromatic heterocycles. The van der Waals surface area contributed by atoms with E-state index in [1.54, 1.807) is 0 Å². The first-order valence-corrected chi connectivity index (χ1v) is 7.74. The van der Waals surface area contributed by atoms with Crippen LogP contribution >= 0.6 is 23.4 Å². The average molecular weight is 250 g/mol. The van der Waals surface area contributed by atoms with Crippen molar-refractivity contribution in [3.8, 4) is 0 Å². The Morgan fingerprint density at radius 3 is 2.93 bits per heavy atom. The van der Waals surface area contributed by atoms with Crippen molar-refractivity contribution < 1.29 is 0 Å². The number of nitrogens with zero attached hydrogens (tertiary/aromatic N) is 1. The van der Waals surface area contributed by atoms with Crippen LogP contribution < -0.4 is 0 Å². The summed E-state index contributed by atoms with van der Waals surface area (Å²) in [6.07, 6.45) is 3.80. The minimum Gasteiger partial charge on any atom is -0.301 e. The van der Waals surface area contributed by atoms with Gasteiger partial charge in [-0.3, -0.25) is 0 Å². The number of thioether (sulfide) groups is 1. The summed E-state index contributed by atoms with van der Waals surface area (Å²) in [4.78, 5) is 2.63. The molecule has 1 saturated heterocycles. The highest BCUT2D eigenvalue weighted by molar-refractivity contribution is 8.00. The summed E-state index contributed by atoms with van der Waals surface area (Å²) >= 11 is 7.90. The lowest BCUT2D eigenvalue weighted by molar-refractivity contribution is 0.260. The fourth-order valence-electron chi connectivity index (χ4n) is 1.96. The molecule has 3 heteroatoms. The van der Waals surface area contributed by atoms with E-state index in [2.05, 4.69) is 30.5 Å². The lowest BCUT2D eigenvalue weighted by Crippen LogP contribution is -2.38. The maximum atomic E-state index is 5.75. The van der Waals surface area contributed by atoms with Crippen molar-refractivity contribution in [3.63, 3.8) is 0 Å². The molecular formula is C12H24ClNS. The number of hydrogen-bond acceptors (Lipinski definition) is 2. The van der Waals surface area contributed by atoms with Gasteiger partial charge >= 0.3 is 0 Å². The van der Waals surface area contributed by atoms with Crippen LogP contribution in [-0.4, -0.2) is 41.4 Å². The molecule has 0 bridgehead atoms. The van der Waals surface area contributed by atoms with Crippen LogP contribution in [0.2, 0.25) is 0 Å². The van der Waals surface area contributed by atoms with Crippen LogP contribution in [0.5, 0.6) is 0 Å². The maximum Gasteiger partial charge on any atom is 0.0225 e. The number of rotatable bonds is 6. The smallest absolute Gasteiger partial charge is 0.0225 e. The van der Waals surface area contributed by atoms with Gasteiger partial charge < -0.3 is 4.90 Å². The summed E-state index contributed by atoms with van der Waals surface area (Å²) in [7, 11) is 0. The van der Waals surface area contributed by atoms with E-state index in [1.165, 1.54) is 44.6 Å². The van der Waals surface area contributed by atoms with Crippen molar-refractivity contribution in [2.24, 2.45) is 5.92 Å². The van der Waals surface area contributed by atoms with Crippen LogP contribution in [0.1, 0.15) is 33.1 Å². The lowest BCUT2D eigenvalue weighted by atomic mass is 10.0. The molecule has 15 heavy (non-hydrogen) atoms. The number of hydrogen-bond donors (Lipinski definition) is 0. The highest BCUT2D eigenvalue weighted by Crippen LogP contribution is 2.21. The van der Waals surface area contributed by atoms with E-state index in [4.69, 9.17) is 11.6 Å². The predicted octanol–water partition coefficient (Wildman–Crippen LogP) is 3.47. The maximum absolute atomic E-state index is 5.75.